The highest BCUT2D eigenvalue weighted by Crippen LogP contribution is 2.12. The quantitative estimate of drug-likeness (QED) is 0.320. The number of sulfone groups is 1. The second-order valence-electron chi connectivity index (χ2n) is 6.19. The molecule has 8 heteroatoms. The molecule has 0 radical (unpaired) electrons. The first kappa shape index (κ1) is 24.2. The number of hydrogen-bond acceptors (Lipinski definition) is 4. The van der Waals surface area contributed by atoms with Gasteiger partial charge in [0, 0.05) is 26.4 Å². The van der Waals surface area contributed by atoms with Crippen LogP contribution >= 0.6 is 24.0 Å². The smallest absolute Gasteiger partial charge is 0.190 e. The summed E-state index contributed by atoms with van der Waals surface area (Å²) in [6.07, 6.45) is 2.86. The fourth-order valence-electron chi connectivity index (χ4n) is 2.60. The Morgan fingerprint density at radius 2 is 1.61 bits per heavy atom. The van der Waals surface area contributed by atoms with Crippen LogP contribution in [0.15, 0.2) is 58.4 Å². The monoisotopic (exact) mass is 517 g/mol. The van der Waals surface area contributed by atoms with Gasteiger partial charge in [-0.25, -0.2) is 8.42 Å². The molecule has 0 bridgehead atoms. The Morgan fingerprint density at radius 1 is 1.00 bits per heavy atom. The zero-order valence-corrected chi connectivity index (χ0v) is 19.6. The number of rotatable bonds is 8. The van der Waals surface area contributed by atoms with Gasteiger partial charge in [0.2, 0.25) is 0 Å². The van der Waals surface area contributed by atoms with Crippen LogP contribution in [0.5, 0.6) is 5.75 Å². The van der Waals surface area contributed by atoms with Gasteiger partial charge in [-0.3, -0.25) is 4.99 Å². The van der Waals surface area contributed by atoms with Crippen LogP contribution in [0.3, 0.4) is 0 Å². The van der Waals surface area contributed by atoms with E-state index in [1.807, 2.05) is 30.3 Å². The topological polar surface area (TPSA) is 79.8 Å². The summed E-state index contributed by atoms with van der Waals surface area (Å²) in [5.41, 5.74) is 2.27. The molecule has 0 saturated heterocycles. The normalized spacial score (nSPS) is 11.5. The van der Waals surface area contributed by atoms with Crippen molar-refractivity contribution < 1.29 is 13.2 Å². The third kappa shape index (κ3) is 8.05. The third-order valence-electron chi connectivity index (χ3n) is 4.12. The molecule has 2 N–H and O–H groups in total. The Labute approximate surface area is 184 Å². The van der Waals surface area contributed by atoms with Crippen molar-refractivity contribution in [2.45, 2.75) is 17.7 Å². The summed E-state index contributed by atoms with van der Waals surface area (Å²) < 4.78 is 28.2. The summed E-state index contributed by atoms with van der Waals surface area (Å²) in [5, 5.41) is 6.56. The van der Waals surface area contributed by atoms with Crippen molar-refractivity contribution in [1.82, 2.24) is 10.6 Å². The van der Waals surface area contributed by atoms with Crippen LogP contribution < -0.4 is 15.4 Å². The van der Waals surface area contributed by atoms with E-state index in [4.69, 9.17) is 4.74 Å². The SMILES string of the molecule is CN=C(NCCc1ccc(S(C)(=O)=O)cc1)NCCc1cccc(OC)c1.I. The molecule has 0 aromatic heterocycles. The van der Waals surface area contributed by atoms with E-state index in [0.29, 0.717) is 11.4 Å². The van der Waals surface area contributed by atoms with E-state index < -0.39 is 9.84 Å². The number of methoxy groups -OCH3 is 1. The summed E-state index contributed by atoms with van der Waals surface area (Å²) in [5.74, 6) is 1.60. The van der Waals surface area contributed by atoms with Gasteiger partial charge in [0.25, 0.3) is 0 Å². The van der Waals surface area contributed by atoms with Crippen molar-refractivity contribution >= 4 is 39.8 Å². The molecule has 0 spiro atoms. The molecule has 0 amide bonds. The summed E-state index contributed by atoms with van der Waals surface area (Å²) in [7, 11) is 0.255. The fraction of sp³-hybridized carbons (Fsp3) is 0.350. The molecule has 0 aliphatic carbocycles. The van der Waals surface area contributed by atoms with Crippen LogP contribution in [-0.4, -0.2) is 47.9 Å². The molecule has 2 rings (SSSR count). The lowest BCUT2D eigenvalue weighted by Gasteiger charge is -2.12. The molecule has 0 aliphatic rings. The maximum atomic E-state index is 11.5. The molecule has 154 valence electrons. The first-order valence-corrected chi connectivity index (χ1v) is 10.7. The molecule has 0 aliphatic heterocycles. The third-order valence-corrected chi connectivity index (χ3v) is 5.25. The molecule has 0 saturated carbocycles. The van der Waals surface area contributed by atoms with E-state index >= 15 is 0 Å². The van der Waals surface area contributed by atoms with Crippen molar-refractivity contribution in [2.24, 2.45) is 4.99 Å². The van der Waals surface area contributed by atoms with Gasteiger partial charge < -0.3 is 15.4 Å². The Balaban J connectivity index is 0.00000392. The second-order valence-corrected chi connectivity index (χ2v) is 8.21. The van der Waals surface area contributed by atoms with Gasteiger partial charge >= 0.3 is 0 Å². The molecule has 0 unspecified atom stereocenters. The van der Waals surface area contributed by atoms with Crippen molar-refractivity contribution in [3.05, 3.63) is 59.7 Å². The largest absolute Gasteiger partial charge is 0.497 e. The van der Waals surface area contributed by atoms with Crippen LogP contribution in [0.4, 0.5) is 0 Å². The molecule has 2 aromatic rings. The average Bonchev–Trinajstić information content (AvgIpc) is 2.66. The number of hydrogen-bond donors (Lipinski definition) is 2. The Hall–Kier alpha value is -1.81. The van der Waals surface area contributed by atoms with Crippen LogP contribution in [0.2, 0.25) is 0 Å². The minimum Gasteiger partial charge on any atom is -0.497 e. The number of halogens is 1. The molecular formula is C20H28IN3O3S. The van der Waals surface area contributed by atoms with Crippen LogP contribution in [0.25, 0.3) is 0 Å². The Bertz CT molecular complexity index is 869. The summed E-state index contributed by atoms with van der Waals surface area (Å²) in [6.45, 7) is 1.47. The minimum atomic E-state index is -3.15. The first-order valence-electron chi connectivity index (χ1n) is 8.79. The fourth-order valence-corrected chi connectivity index (χ4v) is 3.23. The lowest BCUT2D eigenvalue weighted by Crippen LogP contribution is -2.39. The maximum absolute atomic E-state index is 11.5. The van der Waals surface area contributed by atoms with E-state index in [0.717, 1.165) is 36.7 Å². The number of nitrogens with zero attached hydrogens (tertiary/aromatic N) is 1. The van der Waals surface area contributed by atoms with Crippen molar-refractivity contribution in [3.8, 4) is 5.75 Å². The molecular weight excluding hydrogens is 489 g/mol. The predicted molar refractivity (Wildman–Crippen MR) is 125 cm³/mol. The standard InChI is InChI=1S/C20H27N3O3S.HI/c1-21-20(23-14-12-17-5-4-6-18(15-17)26-2)22-13-11-16-7-9-19(10-8-16)27(3,24)25;/h4-10,15H,11-14H2,1-3H3,(H2,21,22,23);1H. The Morgan fingerprint density at radius 3 is 2.14 bits per heavy atom. The highest BCUT2D eigenvalue weighted by atomic mass is 127. The van der Waals surface area contributed by atoms with Crippen molar-refractivity contribution in [1.29, 1.82) is 0 Å². The number of ether oxygens (including phenoxy) is 1. The number of nitrogens with one attached hydrogen (secondary N) is 2. The zero-order chi connectivity index (χ0) is 19.7. The summed E-state index contributed by atoms with van der Waals surface area (Å²) in [6, 6.07) is 15.0. The molecule has 2 aromatic carbocycles. The van der Waals surface area contributed by atoms with E-state index in [1.165, 1.54) is 11.8 Å². The van der Waals surface area contributed by atoms with Crippen molar-refractivity contribution in [2.75, 3.05) is 33.5 Å². The maximum Gasteiger partial charge on any atom is 0.190 e. The Kier molecular flexibility index (Phi) is 10.3. The van der Waals surface area contributed by atoms with Gasteiger partial charge in [-0.1, -0.05) is 24.3 Å². The van der Waals surface area contributed by atoms with Gasteiger partial charge in [-0.15, -0.1) is 24.0 Å². The van der Waals surface area contributed by atoms with Gasteiger partial charge in [0.15, 0.2) is 15.8 Å². The van der Waals surface area contributed by atoms with E-state index in [9.17, 15) is 8.42 Å². The zero-order valence-electron chi connectivity index (χ0n) is 16.4. The predicted octanol–water partition coefficient (Wildman–Crippen LogP) is 2.67. The minimum absolute atomic E-state index is 0. The first-order chi connectivity index (χ1) is 12.9. The number of guanidine groups is 1. The van der Waals surface area contributed by atoms with Crippen LogP contribution in [0, 0.1) is 0 Å². The lowest BCUT2D eigenvalue weighted by molar-refractivity contribution is 0.414. The second kappa shape index (κ2) is 11.9. The van der Waals surface area contributed by atoms with Gasteiger partial charge in [-0.05, 0) is 48.2 Å². The van der Waals surface area contributed by atoms with E-state index in [2.05, 4.69) is 21.7 Å². The highest BCUT2D eigenvalue weighted by Gasteiger charge is 2.06. The molecule has 0 heterocycles. The van der Waals surface area contributed by atoms with E-state index in [-0.39, 0.29) is 24.0 Å². The summed E-state index contributed by atoms with van der Waals surface area (Å²) >= 11 is 0. The average molecular weight is 517 g/mol. The van der Waals surface area contributed by atoms with Gasteiger partial charge in [-0.2, -0.15) is 0 Å². The van der Waals surface area contributed by atoms with E-state index in [1.54, 1.807) is 26.3 Å². The summed E-state index contributed by atoms with van der Waals surface area (Å²) in [4.78, 5) is 4.56. The highest BCUT2D eigenvalue weighted by molar-refractivity contribution is 14.0. The van der Waals surface area contributed by atoms with Crippen LogP contribution in [-0.2, 0) is 22.7 Å². The van der Waals surface area contributed by atoms with Crippen molar-refractivity contribution in [3.63, 3.8) is 0 Å². The van der Waals surface area contributed by atoms with Gasteiger partial charge in [0.05, 0.1) is 12.0 Å². The number of aliphatic imine (C=N–C) groups is 1. The van der Waals surface area contributed by atoms with Gasteiger partial charge in [0.1, 0.15) is 5.75 Å². The molecule has 0 fully saturated rings. The van der Waals surface area contributed by atoms with Crippen LogP contribution in [0.1, 0.15) is 11.1 Å². The number of benzene rings is 2. The molecule has 6 nitrogen and oxygen atoms in total. The molecule has 28 heavy (non-hydrogen) atoms. The lowest BCUT2D eigenvalue weighted by atomic mass is 10.1. The molecule has 0 atom stereocenters.